The highest BCUT2D eigenvalue weighted by atomic mass is 19.1. The number of benzene rings is 1. The molecule has 0 heterocycles. The predicted octanol–water partition coefficient (Wildman–Crippen LogP) is 2.12. The number of anilines is 1. The Kier molecular flexibility index (Phi) is 5.78. The van der Waals surface area contributed by atoms with E-state index in [1.165, 1.54) is 19.2 Å². The summed E-state index contributed by atoms with van der Waals surface area (Å²) >= 11 is 0. The van der Waals surface area contributed by atoms with Gasteiger partial charge < -0.3 is 14.8 Å². The first-order valence-corrected chi connectivity index (χ1v) is 5.85. The molecule has 0 aliphatic heterocycles. The van der Waals surface area contributed by atoms with Crippen LogP contribution >= 0.6 is 0 Å². The van der Waals surface area contributed by atoms with Crippen molar-refractivity contribution in [3.63, 3.8) is 0 Å². The molecule has 0 saturated carbocycles. The molecular weight excluding hydrogens is 253 g/mol. The van der Waals surface area contributed by atoms with Gasteiger partial charge in [-0.3, -0.25) is 9.59 Å². The fourth-order valence-electron chi connectivity index (χ4n) is 1.42. The van der Waals surface area contributed by atoms with Crippen LogP contribution in [0.2, 0.25) is 0 Å². The zero-order valence-corrected chi connectivity index (χ0v) is 10.9. The Morgan fingerprint density at radius 3 is 2.63 bits per heavy atom. The Morgan fingerprint density at radius 1 is 1.32 bits per heavy atom. The molecule has 1 amide bonds. The molecule has 5 nitrogen and oxygen atoms in total. The summed E-state index contributed by atoms with van der Waals surface area (Å²) in [7, 11) is 1.36. The Morgan fingerprint density at radius 2 is 2.05 bits per heavy atom. The highest BCUT2D eigenvalue weighted by Gasteiger charge is 2.09. The maximum atomic E-state index is 13.4. The first-order chi connectivity index (χ1) is 9.06. The molecule has 1 rings (SSSR count). The van der Waals surface area contributed by atoms with Crippen LogP contribution in [0.3, 0.4) is 0 Å². The molecule has 19 heavy (non-hydrogen) atoms. The summed E-state index contributed by atoms with van der Waals surface area (Å²) in [4.78, 5) is 22.6. The lowest BCUT2D eigenvalue weighted by Gasteiger charge is -2.07. The van der Waals surface area contributed by atoms with Gasteiger partial charge in [-0.15, -0.1) is 0 Å². The largest absolute Gasteiger partial charge is 0.494 e. The Hall–Kier alpha value is -2.11. The molecule has 1 N–H and O–H groups in total. The molecule has 0 aliphatic carbocycles. The monoisotopic (exact) mass is 269 g/mol. The van der Waals surface area contributed by atoms with Gasteiger partial charge in [-0.1, -0.05) is 0 Å². The zero-order chi connectivity index (χ0) is 14.3. The molecule has 1 aromatic rings. The fraction of sp³-hybridized carbons (Fsp3) is 0.385. The van der Waals surface area contributed by atoms with Crippen molar-refractivity contribution in [2.45, 2.75) is 19.8 Å². The van der Waals surface area contributed by atoms with E-state index in [4.69, 9.17) is 9.47 Å². The Balaban J connectivity index is 2.48. The van der Waals surface area contributed by atoms with E-state index in [1.54, 1.807) is 6.92 Å². The molecule has 6 heteroatoms. The van der Waals surface area contributed by atoms with Gasteiger partial charge in [-0.2, -0.15) is 0 Å². The van der Waals surface area contributed by atoms with Crippen LogP contribution in [-0.2, 0) is 14.3 Å². The first-order valence-electron chi connectivity index (χ1n) is 5.85. The van der Waals surface area contributed by atoms with Crippen LogP contribution in [-0.4, -0.2) is 25.6 Å². The predicted molar refractivity (Wildman–Crippen MR) is 67.4 cm³/mol. The average Bonchev–Trinajstić information content (AvgIpc) is 2.37. The fourth-order valence-corrected chi connectivity index (χ4v) is 1.42. The molecule has 1 aromatic carbocycles. The van der Waals surface area contributed by atoms with E-state index in [0.29, 0.717) is 5.69 Å². The van der Waals surface area contributed by atoms with Gasteiger partial charge in [0.2, 0.25) is 5.91 Å². The lowest BCUT2D eigenvalue weighted by atomic mass is 10.2. The van der Waals surface area contributed by atoms with Gasteiger partial charge in [0.1, 0.15) is 0 Å². The zero-order valence-electron chi connectivity index (χ0n) is 10.9. The molecule has 0 atom stereocenters. The number of hydrogen-bond acceptors (Lipinski definition) is 4. The van der Waals surface area contributed by atoms with E-state index in [9.17, 15) is 14.0 Å². The average molecular weight is 269 g/mol. The van der Waals surface area contributed by atoms with Crippen molar-refractivity contribution < 1.29 is 23.5 Å². The van der Waals surface area contributed by atoms with Crippen molar-refractivity contribution >= 4 is 17.6 Å². The highest BCUT2D eigenvalue weighted by molar-refractivity contribution is 5.92. The van der Waals surface area contributed by atoms with Gasteiger partial charge >= 0.3 is 5.97 Å². The second kappa shape index (κ2) is 7.35. The summed E-state index contributed by atoms with van der Waals surface area (Å²) < 4.78 is 22.8. The van der Waals surface area contributed by atoms with Crippen molar-refractivity contribution in [2.24, 2.45) is 0 Å². The summed E-state index contributed by atoms with van der Waals surface area (Å²) in [5.41, 5.74) is 0.312. The van der Waals surface area contributed by atoms with Crippen LogP contribution < -0.4 is 10.1 Å². The third kappa shape index (κ3) is 4.95. The lowest BCUT2D eigenvalue weighted by Crippen LogP contribution is -2.14. The molecule has 0 bridgehead atoms. The van der Waals surface area contributed by atoms with E-state index in [2.05, 4.69) is 5.32 Å². The van der Waals surface area contributed by atoms with Crippen LogP contribution in [0.1, 0.15) is 19.8 Å². The molecule has 0 aliphatic rings. The molecule has 0 spiro atoms. The number of hydrogen-bond donors (Lipinski definition) is 1. The molecular formula is C13H16FNO4. The normalized spacial score (nSPS) is 9.84. The van der Waals surface area contributed by atoms with Crippen molar-refractivity contribution in [3.05, 3.63) is 24.0 Å². The topological polar surface area (TPSA) is 64.6 Å². The SMILES string of the molecule is CCOC(=O)CCC(=O)Nc1ccc(OC)c(F)c1. The lowest BCUT2D eigenvalue weighted by molar-refractivity contribution is -0.144. The van der Waals surface area contributed by atoms with Crippen LogP contribution in [0.25, 0.3) is 0 Å². The minimum atomic E-state index is -0.564. The second-order valence-corrected chi connectivity index (χ2v) is 3.70. The van der Waals surface area contributed by atoms with E-state index in [-0.39, 0.29) is 31.1 Å². The first kappa shape index (κ1) is 14.9. The second-order valence-electron chi connectivity index (χ2n) is 3.70. The van der Waals surface area contributed by atoms with Gasteiger partial charge in [0.05, 0.1) is 20.1 Å². The van der Waals surface area contributed by atoms with Crippen molar-refractivity contribution in [2.75, 3.05) is 19.0 Å². The van der Waals surface area contributed by atoms with E-state index < -0.39 is 11.8 Å². The molecule has 0 saturated heterocycles. The third-order valence-corrected chi connectivity index (χ3v) is 2.30. The number of carbonyl (C=O) groups is 2. The van der Waals surface area contributed by atoms with Crippen molar-refractivity contribution in [1.82, 2.24) is 0 Å². The summed E-state index contributed by atoms with van der Waals surface area (Å²) in [6.45, 7) is 1.97. The maximum absolute atomic E-state index is 13.4. The van der Waals surface area contributed by atoms with Gasteiger partial charge in [-0.05, 0) is 19.1 Å². The number of esters is 1. The minimum Gasteiger partial charge on any atom is -0.494 e. The van der Waals surface area contributed by atoms with Crippen LogP contribution in [0, 0.1) is 5.82 Å². The number of halogens is 1. The summed E-state index contributed by atoms with van der Waals surface area (Å²) in [6, 6.07) is 4.08. The van der Waals surface area contributed by atoms with Gasteiger partial charge in [0, 0.05) is 18.2 Å². The molecule has 0 unspecified atom stereocenters. The minimum absolute atomic E-state index is 0.00168. The maximum Gasteiger partial charge on any atom is 0.306 e. The van der Waals surface area contributed by atoms with E-state index >= 15 is 0 Å². The standard InChI is InChI=1S/C13H16FNO4/c1-3-19-13(17)7-6-12(16)15-9-4-5-11(18-2)10(14)8-9/h4-5,8H,3,6-7H2,1-2H3,(H,15,16). The van der Waals surface area contributed by atoms with Crippen molar-refractivity contribution in [1.29, 1.82) is 0 Å². The number of ether oxygens (including phenoxy) is 2. The van der Waals surface area contributed by atoms with Gasteiger partial charge in [0.25, 0.3) is 0 Å². The summed E-state index contributed by atoms with van der Waals surface area (Å²) in [5.74, 6) is -1.27. The molecule has 0 radical (unpaired) electrons. The van der Waals surface area contributed by atoms with Crippen molar-refractivity contribution in [3.8, 4) is 5.75 Å². The quantitative estimate of drug-likeness (QED) is 0.803. The Bertz CT molecular complexity index is 462. The number of methoxy groups -OCH3 is 1. The number of nitrogens with one attached hydrogen (secondary N) is 1. The summed E-state index contributed by atoms with van der Waals surface area (Å²) in [6.07, 6.45) is -0.00914. The third-order valence-electron chi connectivity index (χ3n) is 2.30. The highest BCUT2D eigenvalue weighted by Crippen LogP contribution is 2.20. The van der Waals surface area contributed by atoms with Gasteiger partial charge in [0.15, 0.2) is 11.6 Å². The van der Waals surface area contributed by atoms with Crippen LogP contribution in [0.15, 0.2) is 18.2 Å². The molecule has 104 valence electrons. The van der Waals surface area contributed by atoms with Crippen LogP contribution in [0.4, 0.5) is 10.1 Å². The number of carbonyl (C=O) groups excluding carboxylic acids is 2. The summed E-state index contributed by atoms with van der Waals surface area (Å²) in [5, 5.41) is 2.49. The number of amides is 1. The molecule has 0 fully saturated rings. The van der Waals surface area contributed by atoms with E-state index in [0.717, 1.165) is 6.07 Å². The smallest absolute Gasteiger partial charge is 0.306 e. The molecule has 0 aromatic heterocycles. The van der Waals surface area contributed by atoms with Crippen LogP contribution in [0.5, 0.6) is 5.75 Å². The van der Waals surface area contributed by atoms with E-state index in [1.807, 2.05) is 0 Å². The Labute approximate surface area is 110 Å². The van der Waals surface area contributed by atoms with Gasteiger partial charge in [-0.25, -0.2) is 4.39 Å². The number of rotatable bonds is 6.